The molecule has 0 radical (unpaired) electrons. The van der Waals surface area contributed by atoms with E-state index in [0.717, 1.165) is 22.4 Å². The van der Waals surface area contributed by atoms with Gasteiger partial charge in [-0.1, -0.05) is 60.1 Å². The lowest BCUT2D eigenvalue weighted by Crippen LogP contribution is -2.31. The summed E-state index contributed by atoms with van der Waals surface area (Å²) in [5.74, 6) is -0.235. The molecule has 0 unspecified atom stereocenters. The van der Waals surface area contributed by atoms with Crippen molar-refractivity contribution in [3.8, 4) is 0 Å². The van der Waals surface area contributed by atoms with Crippen molar-refractivity contribution in [1.82, 2.24) is 0 Å². The van der Waals surface area contributed by atoms with E-state index in [0.29, 0.717) is 16.3 Å². The molecule has 0 spiro atoms. The Kier molecular flexibility index (Phi) is 7.24. The zero-order chi connectivity index (χ0) is 25.0. The fourth-order valence-corrected chi connectivity index (χ4v) is 5.42. The number of amides is 1. The normalized spacial score (nSPS) is 11.2. The van der Waals surface area contributed by atoms with Crippen molar-refractivity contribution >= 4 is 38.9 Å². The van der Waals surface area contributed by atoms with Crippen molar-refractivity contribution in [2.45, 2.75) is 25.3 Å². The standard InChI is InChI=1S/C28H25ClN2O3S/c1-20-7-6-8-25(17-20)30-28(32)23-14-12-22(13-15-23)19-31(27-18-24(29)16-11-21(27)2)35(33,34)26-9-4-3-5-10-26/h3-18H,19H2,1-2H3,(H,30,32). The highest BCUT2D eigenvalue weighted by Crippen LogP contribution is 2.31. The summed E-state index contributed by atoms with van der Waals surface area (Å²) in [6.07, 6.45) is 0. The molecule has 4 aromatic carbocycles. The molecule has 1 amide bonds. The van der Waals surface area contributed by atoms with Gasteiger partial charge >= 0.3 is 0 Å². The van der Waals surface area contributed by atoms with Gasteiger partial charge in [0.2, 0.25) is 0 Å². The molecule has 0 fully saturated rings. The van der Waals surface area contributed by atoms with Gasteiger partial charge < -0.3 is 5.32 Å². The average Bonchev–Trinajstić information content (AvgIpc) is 2.85. The van der Waals surface area contributed by atoms with E-state index in [9.17, 15) is 13.2 Å². The van der Waals surface area contributed by atoms with Crippen LogP contribution in [0.25, 0.3) is 0 Å². The van der Waals surface area contributed by atoms with Gasteiger partial charge in [-0.05, 0) is 79.1 Å². The minimum atomic E-state index is -3.87. The number of carbonyl (C=O) groups excluding carboxylic acids is 1. The lowest BCUT2D eigenvalue weighted by molar-refractivity contribution is 0.102. The molecule has 5 nitrogen and oxygen atoms in total. The van der Waals surface area contributed by atoms with E-state index in [2.05, 4.69) is 5.32 Å². The second-order valence-corrected chi connectivity index (χ2v) is 10.6. The van der Waals surface area contributed by atoms with Gasteiger partial charge in [-0.3, -0.25) is 9.10 Å². The maximum Gasteiger partial charge on any atom is 0.264 e. The summed E-state index contributed by atoms with van der Waals surface area (Å²) in [6, 6.07) is 28.0. The largest absolute Gasteiger partial charge is 0.322 e. The van der Waals surface area contributed by atoms with Crippen molar-refractivity contribution < 1.29 is 13.2 Å². The number of anilines is 2. The Bertz CT molecular complexity index is 1450. The molecule has 0 aliphatic rings. The van der Waals surface area contributed by atoms with Crippen LogP contribution in [-0.4, -0.2) is 14.3 Å². The van der Waals surface area contributed by atoms with Crippen LogP contribution in [-0.2, 0) is 16.6 Å². The molecule has 4 rings (SSSR count). The predicted molar refractivity (Wildman–Crippen MR) is 142 cm³/mol. The van der Waals surface area contributed by atoms with Crippen molar-refractivity contribution in [2.24, 2.45) is 0 Å². The SMILES string of the molecule is Cc1cccc(NC(=O)c2ccc(CN(c3cc(Cl)ccc3C)S(=O)(=O)c3ccccc3)cc2)c1. The van der Waals surface area contributed by atoms with E-state index in [4.69, 9.17) is 11.6 Å². The van der Waals surface area contributed by atoms with E-state index in [1.54, 1.807) is 72.8 Å². The molecule has 0 atom stereocenters. The van der Waals surface area contributed by atoms with Crippen LogP contribution in [0.4, 0.5) is 11.4 Å². The molecule has 0 aromatic heterocycles. The first-order chi connectivity index (χ1) is 16.7. The minimum Gasteiger partial charge on any atom is -0.322 e. The zero-order valence-electron chi connectivity index (χ0n) is 19.4. The van der Waals surface area contributed by atoms with Crippen LogP contribution in [0.15, 0.2) is 102 Å². The smallest absolute Gasteiger partial charge is 0.264 e. The molecule has 4 aromatic rings. The number of rotatable bonds is 7. The first-order valence-electron chi connectivity index (χ1n) is 11.0. The highest BCUT2D eigenvalue weighted by molar-refractivity contribution is 7.92. The highest BCUT2D eigenvalue weighted by Gasteiger charge is 2.26. The van der Waals surface area contributed by atoms with Crippen LogP contribution < -0.4 is 9.62 Å². The second-order valence-electron chi connectivity index (χ2n) is 8.28. The van der Waals surface area contributed by atoms with E-state index in [1.807, 2.05) is 38.1 Å². The van der Waals surface area contributed by atoms with Crippen molar-refractivity contribution in [3.63, 3.8) is 0 Å². The number of nitrogens with one attached hydrogen (secondary N) is 1. The molecule has 0 saturated carbocycles. The first kappa shape index (κ1) is 24.5. The molecule has 0 heterocycles. The summed E-state index contributed by atoms with van der Waals surface area (Å²) in [6.45, 7) is 3.89. The van der Waals surface area contributed by atoms with E-state index in [-0.39, 0.29) is 17.3 Å². The van der Waals surface area contributed by atoms with Gasteiger partial charge in [-0.15, -0.1) is 0 Å². The Morgan fingerprint density at radius 3 is 2.26 bits per heavy atom. The predicted octanol–water partition coefficient (Wildman–Crippen LogP) is 6.60. The van der Waals surface area contributed by atoms with Gasteiger partial charge in [0.05, 0.1) is 17.1 Å². The van der Waals surface area contributed by atoms with Gasteiger partial charge in [-0.25, -0.2) is 8.42 Å². The van der Waals surface area contributed by atoms with Crippen molar-refractivity contribution in [1.29, 1.82) is 0 Å². The molecule has 35 heavy (non-hydrogen) atoms. The van der Waals surface area contributed by atoms with E-state index in [1.165, 1.54) is 4.31 Å². The van der Waals surface area contributed by atoms with E-state index >= 15 is 0 Å². The monoisotopic (exact) mass is 504 g/mol. The Morgan fingerprint density at radius 2 is 1.57 bits per heavy atom. The number of carbonyl (C=O) groups is 1. The third-order valence-electron chi connectivity index (χ3n) is 5.59. The topological polar surface area (TPSA) is 66.5 Å². The summed E-state index contributed by atoms with van der Waals surface area (Å²) < 4.78 is 28.6. The average molecular weight is 505 g/mol. The lowest BCUT2D eigenvalue weighted by Gasteiger charge is -2.26. The number of benzene rings is 4. The third-order valence-corrected chi connectivity index (χ3v) is 7.60. The molecule has 7 heteroatoms. The zero-order valence-corrected chi connectivity index (χ0v) is 21.0. The van der Waals surface area contributed by atoms with Gasteiger partial charge in [0, 0.05) is 16.3 Å². The van der Waals surface area contributed by atoms with Gasteiger partial charge in [0.25, 0.3) is 15.9 Å². The maximum absolute atomic E-state index is 13.6. The Labute approximate surface area is 211 Å². The van der Waals surface area contributed by atoms with Crippen LogP contribution in [0.3, 0.4) is 0 Å². The lowest BCUT2D eigenvalue weighted by atomic mass is 10.1. The maximum atomic E-state index is 13.6. The molecular formula is C28H25ClN2O3S. The Hall–Kier alpha value is -3.61. The molecule has 0 saturated heterocycles. The van der Waals surface area contributed by atoms with Crippen molar-refractivity contribution in [2.75, 3.05) is 9.62 Å². The van der Waals surface area contributed by atoms with Gasteiger partial charge in [-0.2, -0.15) is 0 Å². The number of hydrogen-bond donors (Lipinski definition) is 1. The minimum absolute atomic E-state index is 0.0815. The van der Waals surface area contributed by atoms with Gasteiger partial charge in [0.15, 0.2) is 0 Å². The molecule has 1 N–H and O–H groups in total. The van der Waals surface area contributed by atoms with E-state index < -0.39 is 10.0 Å². The fraction of sp³-hybridized carbons (Fsp3) is 0.107. The number of sulfonamides is 1. The molecule has 0 bridgehead atoms. The summed E-state index contributed by atoms with van der Waals surface area (Å²) >= 11 is 6.23. The number of hydrogen-bond acceptors (Lipinski definition) is 3. The fourth-order valence-electron chi connectivity index (χ4n) is 3.72. The highest BCUT2D eigenvalue weighted by atomic mass is 35.5. The molecule has 178 valence electrons. The quantitative estimate of drug-likeness (QED) is 0.308. The molecular weight excluding hydrogens is 480 g/mol. The van der Waals surface area contributed by atoms with Crippen LogP contribution >= 0.6 is 11.6 Å². The second kappa shape index (κ2) is 10.3. The summed E-state index contributed by atoms with van der Waals surface area (Å²) in [4.78, 5) is 12.9. The van der Waals surface area contributed by atoms with Gasteiger partial charge in [0.1, 0.15) is 0 Å². The van der Waals surface area contributed by atoms with Crippen LogP contribution in [0, 0.1) is 13.8 Å². The van der Waals surface area contributed by atoms with Crippen LogP contribution in [0.1, 0.15) is 27.0 Å². The van der Waals surface area contributed by atoms with Crippen LogP contribution in [0.2, 0.25) is 5.02 Å². The summed E-state index contributed by atoms with van der Waals surface area (Å²) in [5.41, 5.74) is 4.26. The summed E-state index contributed by atoms with van der Waals surface area (Å²) in [7, 11) is -3.87. The van der Waals surface area contributed by atoms with Crippen molar-refractivity contribution in [3.05, 3.63) is 124 Å². The number of aryl methyl sites for hydroxylation is 2. The summed E-state index contributed by atoms with van der Waals surface area (Å²) in [5, 5.41) is 3.33. The molecule has 0 aliphatic heterocycles. The molecule has 0 aliphatic carbocycles. The van der Waals surface area contributed by atoms with Crippen LogP contribution in [0.5, 0.6) is 0 Å². The number of nitrogens with zero attached hydrogens (tertiary/aromatic N) is 1. The Morgan fingerprint density at radius 1 is 0.857 bits per heavy atom. The third kappa shape index (κ3) is 5.73. The number of halogens is 1. The first-order valence-corrected chi connectivity index (χ1v) is 12.9. The Balaban J connectivity index is 1.63.